The molecule has 19 heavy (non-hydrogen) atoms. The molecule has 0 aliphatic heterocycles. The molecule has 0 aromatic carbocycles. The SMILES string of the molecule is CCCCC(CC)COC(=O)OCCOCCC#N. The molecule has 0 bridgehead atoms. The van der Waals surface area contributed by atoms with Gasteiger partial charge in [0.2, 0.25) is 0 Å². The van der Waals surface area contributed by atoms with E-state index in [1.165, 1.54) is 0 Å². The van der Waals surface area contributed by atoms with Crippen LogP contribution in [0.5, 0.6) is 0 Å². The van der Waals surface area contributed by atoms with Crippen molar-refractivity contribution in [3.8, 4) is 6.07 Å². The molecule has 0 aliphatic rings. The van der Waals surface area contributed by atoms with Crippen molar-refractivity contribution in [2.75, 3.05) is 26.4 Å². The lowest BCUT2D eigenvalue weighted by Crippen LogP contribution is -2.17. The maximum Gasteiger partial charge on any atom is 0.508 e. The monoisotopic (exact) mass is 271 g/mol. The Morgan fingerprint density at radius 1 is 1.21 bits per heavy atom. The molecule has 0 radical (unpaired) electrons. The highest BCUT2D eigenvalue weighted by atomic mass is 16.7. The van der Waals surface area contributed by atoms with Gasteiger partial charge >= 0.3 is 6.16 Å². The fourth-order valence-corrected chi connectivity index (χ4v) is 1.53. The van der Waals surface area contributed by atoms with E-state index in [1.807, 2.05) is 6.07 Å². The van der Waals surface area contributed by atoms with Crippen LogP contribution >= 0.6 is 0 Å². The summed E-state index contributed by atoms with van der Waals surface area (Å²) in [4.78, 5) is 11.3. The smallest absolute Gasteiger partial charge is 0.434 e. The van der Waals surface area contributed by atoms with Gasteiger partial charge in [-0.3, -0.25) is 0 Å². The van der Waals surface area contributed by atoms with Crippen LogP contribution in [0.15, 0.2) is 0 Å². The number of hydrogen-bond acceptors (Lipinski definition) is 5. The molecule has 1 unspecified atom stereocenters. The summed E-state index contributed by atoms with van der Waals surface area (Å²) in [5, 5.41) is 8.28. The molecule has 0 aromatic heterocycles. The minimum Gasteiger partial charge on any atom is -0.434 e. The quantitative estimate of drug-likeness (QED) is 0.426. The van der Waals surface area contributed by atoms with E-state index < -0.39 is 6.16 Å². The second-order valence-electron chi connectivity index (χ2n) is 4.35. The van der Waals surface area contributed by atoms with Crippen LogP contribution in [-0.2, 0) is 14.2 Å². The summed E-state index contributed by atoms with van der Waals surface area (Å²) in [5.41, 5.74) is 0. The number of ether oxygens (including phenoxy) is 3. The molecule has 5 nitrogen and oxygen atoms in total. The van der Waals surface area contributed by atoms with Gasteiger partial charge in [-0.25, -0.2) is 4.79 Å². The van der Waals surface area contributed by atoms with Crippen LogP contribution in [0.1, 0.15) is 46.0 Å². The molecule has 0 aromatic rings. The standard InChI is InChI=1S/C14H25NO4/c1-3-5-7-13(4-2)12-19-14(16)18-11-10-17-9-6-8-15/h13H,3-7,9-12H2,1-2H3. The van der Waals surface area contributed by atoms with Gasteiger partial charge in [0, 0.05) is 0 Å². The Kier molecular flexibility index (Phi) is 12.3. The van der Waals surface area contributed by atoms with Crippen LogP contribution in [0.3, 0.4) is 0 Å². The predicted molar refractivity (Wildman–Crippen MR) is 71.7 cm³/mol. The topological polar surface area (TPSA) is 68.6 Å². The highest BCUT2D eigenvalue weighted by Crippen LogP contribution is 2.13. The second kappa shape index (κ2) is 13.2. The van der Waals surface area contributed by atoms with Crippen LogP contribution in [-0.4, -0.2) is 32.6 Å². The van der Waals surface area contributed by atoms with Gasteiger partial charge in [0.1, 0.15) is 6.61 Å². The first-order valence-electron chi connectivity index (χ1n) is 6.98. The molecule has 0 rings (SSSR count). The van der Waals surface area contributed by atoms with Crippen LogP contribution in [0.4, 0.5) is 4.79 Å². The van der Waals surface area contributed by atoms with Crippen molar-refractivity contribution >= 4 is 6.16 Å². The third-order valence-corrected chi connectivity index (χ3v) is 2.79. The van der Waals surface area contributed by atoms with Crippen molar-refractivity contribution < 1.29 is 19.0 Å². The summed E-state index contributed by atoms with van der Waals surface area (Å²) < 4.78 is 15.0. The molecule has 0 saturated carbocycles. The van der Waals surface area contributed by atoms with E-state index in [4.69, 9.17) is 19.5 Å². The second-order valence-corrected chi connectivity index (χ2v) is 4.35. The number of rotatable bonds is 11. The minimum atomic E-state index is -0.640. The largest absolute Gasteiger partial charge is 0.508 e. The Bertz CT molecular complexity index is 263. The summed E-state index contributed by atoms with van der Waals surface area (Å²) in [6, 6.07) is 1.97. The number of carbonyl (C=O) groups excluding carboxylic acids is 1. The molecule has 0 spiro atoms. The van der Waals surface area contributed by atoms with Crippen LogP contribution in [0, 0.1) is 17.2 Å². The summed E-state index contributed by atoms with van der Waals surface area (Å²) in [6.07, 6.45) is 4.10. The molecular formula is C14H25NO4. The lowest BCUT2D eigenvalue weighted by atomic mass is 10.0. The molecule has 110 valence electrons. The number of nitrogens with zero attached hydrogens (tertiary/aromatic N) is 1. The van der Waals surface area contributed by atoms with Gasteiger partial charge in [0.25, 0.3) is 0 Å². The highest BCUT2D eigenvalue weighted by Gasteiger charge is 2.10. The molecule has 0 aliphatic carbocycles. The van der Waals surface area contributed by atoms with Gasteiger partial charge in [-0.1, -0.05) is 33.1 Å². The maximum atomic E-state index is 11.3. The lowest BCUT2D eigenvalue weighted by molar-refractivity contribution is 0.0201. The number of hydrogen-bond donors (Lipinski definition) is 0. The minimum absolute atomic E-state index is 0.163. The molecular weight excluding hydrogens is 246 g/mol. The lowest BCUT2D eigenvalue weighted by Gasteiger charge is -2.14. The molecule has 0 N–H and O–H groups in total. The molecule has 1 atom stereocenters. The normalized spacial score (nSPS) is 11.6. The van der Waals surface area contributed by atoms with Crippen molar-refractivity contribution in [2.24, 2.45) is 5.92 Å². The first-order chi connectivity index (χ1) is 9.24. The van der Waals surface area contributed by atoms with E-state index in [1.54, 1.807) is 0 Å². The van der Waals surface area contributed by atoms with Crippen LogP contribution in [0.2, 0.25) is 0 Å². The van der Waals surface area contributed by atoms with E-state index in [2.05, 4.69) is 13.8 Å². The summed E-state index contributed by atoms with van der Waals surface area (Å²) in [5.74, 6) is 0.416. The number of unbranched alkanes of at least 4 members (excludes halogenated alkanes) is 1. The van der Waals surface area contributed by atoms with Gasteiger partial charge in [0.15, 0.2) is 0 Å². The van der Waals surface area contributed by atoms with E-state index >= 15 is 0 Å². The van der Waals surface area contributed by atoms with Crippen LogP contribution < -0.4 is 0 Å². The third-order valence-electron chi connectivity index (χ3n) is 2.79. The van der Waals surface area contributed by atoms with Gasteiger partial charge in [-0.2, -0.15) is 5.26 Å². The average Bonchev–Trinajstić information content (AvgIpc) is 2.43. The van der Waals surface area contributed by atoms with Gasteiger partial charge in [-0.05, 0) is 12.3 Å². The Balaban J connectivity index is 3.49. The average molecular weight is 271 g/mol. The van der Waals surface area contributed by atoms with Gasteiger partial charge in [0.05, 0.1) is 32.3 Å². The van der Waals surface area contributed by atoms with Crippen molar-refractivity contribution in [2.45, 2.75) is 46.0 Å². The van der Waals surface area contributed by atoms with E-state index in [9.17, 15) is 4.79 Å². The third kappa shape index (κ3) is 11.5. The van der Waals surface area contributed by atoms with Crippen molar-refractivity contribution in [1.29, 1.82) is 5.26 Å². The Morgan fingerprint density at radius 2 is 2.00 bits per heavy atom. The van der Waals surface area contributed by atoms with E-state index in [0.717, 1.165) is 25.7 Å². The zero-order valence-corrected chi connectivity index (χ0v) is 12.0. The fourth-order valence-electron chi connectivity index (χ4n) is 1.53. The van der Waals surface area contributed by atoms with Crippen LogP contribution in [0.25, 0.3) is 0 Å². The fraction of sp³-hybridized carbons (Fsp3) is 0.857. The summed E-state index contributed by atoms with van der Waals surface area (Å²) >= 11 is 0. The summed E-state index contributed by atoms with van der Waals surface area (Å²) in [6.45, 7) is 5.49. The molecule has 0 heterocycles. The number of nitriles is 1. The van der Waals surface area contributed by atoms with Crippen molar-refractivity contribution in [1.82, 2.24) is 0 Å². The van der Waals surface area contributed by atoms with Crippen molar-refractivity contribution in [3.63, 3.8) is 0 Å². The Morgan fingerprint density at radius 3 is 2.63 bits per heavy atom. The Hall–Kier alpha value is -1.28. The number of carbonyl (C=O) groups is 1. The zero-order chi connectivity index (χ0) is 14.3. The molecule has 5 heteroatoms. The zero-order valence-electron chi connectivity index (χ0n) is 12.0. The van der Waals surface area contributed by atoms with E-state index in [-0.39, 0.29) is 6.61 Å². The Labute approximate surface area is 115 Å². The van der Waals surface area contributed by atoms with Gasteiger partial charge < -0.3 is 14.2 Å². The predicted octanol–water partition coefficient (Wildman–Crippen LogP) is 3.29. The van der Waals surface area contributed by atoms with Gasteiger partial charge in [-0.15, -0.1) is 0 Å². The first-order valence-corrected chi connectivity index (χ1v) is 6.98. The van der Waals surface area contributed by atoms with Crippen molar-refractivity contribution in [3.05, 3.63) is 0 Å². The highest BCUT2D eigenvalue weighted by molar-refractivity contribution is 5.59. The molecule has 0 amide bonds. The van der Waals surface area contributed by atoms with E-state index in [0.29, 0.717) is 32.2 Å². The summed E-state index contributed by atoms with van der Waals surface area (Å²) in [7, 11) is 0. The molecule has 0 saturated heterocycles. The first kappa shape index (κ1) is 17.7. The molecule has 0 fully saturated rings. The maximum absolute atomic E-state index is 11.3.